The maximum atomic E-state index is 12.2. The Hall–Kier alpha value is -3.24. The summed E-state index contributed by atoms with van der Waals surface area (Å²) in [6.45, 7) is 1.66. The number of halogens is 1. The zero-order chi connectivity index (χ0) is 17.1. The third-order valence-electron chi connectivity index (χ3n) is 3.28. The first-order valence-electron chi connectivity index (χ1n) is 6.95. The Labute approximate surface area is 142 Å². The number of carbonyl (C=O) groups is 1. The summed E-state index contributed by atoms with van der Waals surface area (Å²) < 4.78 is 0. The molecule has 0 radical (unpaired) electrons. The lowest BCUT2D eigenvalue weighted by Crippen LogP contribution is -2.15. The van der Waals surface area contributed by atoms with Gasteiger partial charge in [-0.15, -0.1) is 5.10 Å². The lowest BCUT2D eigenvalue weighted by atomic mass is 10.2. The number of nitriles is 1. The topological polar surface area (TPSA) is 107 Å². The molecule has 0 aliphatic carbocycles. The first kappa shape index (κ1) is 15.6. The van der Waals surface area contributed by atoms with Gasteiger partial charge in [-0.3, -0.25) is 15.2 Å². The predicted molar refractivity (Wildman–Crippen MR) is 88.5 cm³/mol. The number of hydrogen-bond acceptors (Lipinski definition) is 5. The Morgan fingerprint density at radius 1 is 1.25 bits per heavy atom. The van der Waals surface area contributed by atoms with E-state index in [2.05, 4.69) is 25.5 Å². The van der Waals surface area contributed by atoms with Crippen molar-refractivity contribution in [1.29, 1.82) is 5.26 Å². The molecule has 0 aliphatic rings. The molecule has 0 atom stereocenters. The number of rotatable bonds is 3. The normalized spacial score (nSPS) is 10.2. The SMILES string of the molecule is Cc1nc(C(=O)Nc2n[nH]c(-c3ccccc3Cl)n2)ccc1C#N. The monoisotopic (exact) mass is 338 g/mol. The molecule has 24 heavy (non-hydrogen) atoms. The number of hydrogen-bond donors (Lipinski definition) is 2. The molecule has 2 N–H and O–H groups in total. The summed E-state index contributed by atoms with van der Waals surface area (Å²) in [4.78, 5) is 20.5. The summed E-state index contributed by atoms with van der Waals surface area (Å²) in [5.41, 5.74) is 1.76. The molecule has 3 rings (SSSR count). The molecule has 0 unspecified atom stereocenters. The van der Waals surface area contributed by atoms with Crippen molar-refractivity contribution in [1.82, 2.24) is 20.2 Å². The van der Waals surface area contributed by atoms with Gasteiger partial charge >= 0.3 is 0 Å². The molecule has 3 aromatic rings. The maximum absolute atomic E-state index is 12.2. The third kappa shape index (κ3) is 3.09. The Morgan fingerprint density at radius 3 is 2.75 bits per heavy atom. The van der Waals surface area contributed by atoms with E-state index in [1.54, 1.807) is 25.1 Å². The predicted octanol–water partition coefficient (Wildman–Crippen LogP) is 2.95. The molecular formula is C16H11ClN6O. The minimum atomic E-state index is -0.465. The highest BCUT2D eigenvalue weighted by molar-refractivity contribution is 6.33. The molecule has 7 nitrogen and oxygen atoms in total. The zero-order valence-electron chi connectivity index (χ0n) is 12.5. The first-order valence-corrected chi connectivity index (χ1v) is 7.32. The summed E-state index contributed by atoms with van der Waals surface area (Å²) in [6.07, 6.45) is 0. The number of aryl methyl sites for hydroxylation is 1. The van der Waals surface area contributed by atoms with E-state index < -0.39 is 5.91 Å². The summed E-state index contributed by atoms with van der Waals surface area (Å²) in [5.74, 6) is 0.0888. The number of benzene rings is 1. The van der Waals surface area contributed by atoms with Gasteiger partial charge in [0.15, 0.2) is 5.82 Å². The van der Waals surface area contributed by atoms with Crippen LogP contribution in [0.2, 0.25) is 5.02 Å². The molecule has 0 bridgehead atoms. The van der Waals surface area contributed by atoms with Crippen LogP contribution < -0.4 is 5.32 Å². The van der Waals surface area contributed by atoms with E-state index in [4.69, 9.17) is 16.9 Å². The number of amides is 1. The molecule has 0 fully saturated rings. The van der Waals surface area contributed by atoms with Gasteiger partial charge < -0.3 is 0 Å². The number of nitrogens with one attached hydrogen (secondary N) is 2. The summed E-state index contributed by atoms with van der Waals surface area (Å²) in [6, 6.07) is 12.2. The van der Waals surface area contributed by atoms with Gasteiger partial charge in [0.2, 0.25) is 5.95 Å². The van der Waals surface area contributed by atoms with Gasteiger partial charge in [0.1, 0.15) is 11.8 Å². The number of nitrogens with zero attached hydrogens (tertiary/aromatic N) is 4. The zero-order valence-corrected chi connectivity index (χ0v) is 13.3. The summed E-state index contributed by atoms with van der Waals surface area (Å²) in [7, 11) is 0. The average molecular weight is 339 g/mol. The highest BCUT2D eigenvalue weighted by atomic mass is 35.5. The molecule has 2 heterocycles. The lowest BCUT2D eigenvalue weighted by Gasteiger charge is -2.02. The second kappa shape index (κ2) is 6.48. The second-order valence-electron chi connectivity index (χ2n) is 4.88. The highest BCUT2D eigenvalue weighted by Crippen LogP contribution is 2.24. The number of aromatic amines is 1. The Morgan fingerprint density at radius 2 is 2.04 bits per heavy atom. The molecule has 2 aromatic heterocycles. The fraction of sp³-hybridized carbons (Fsp3) is 0.0625. The molecular weight excluding hydrogens is 328 g/mol. The van der Waals surface area contributed by atoms with Crippen molar-refractivity contribution < 1.29 is 4.79 Å². The van der Waals surface area contributed by atoms with Crippen LogP contribution in [0.15, 0.2) is 36.4 Å². The first-order chi connectivity index (χ1) is 11.6. The Bertz CT molecular complexity index is 959. The van der Waals surface area contributed by atoms with Crippen LogP contribution in [0.5, 0.6) is 0 Å². The van der Waals surface area contributed by atoms with Crippen LogP contribution in [-0.2, 0) is 0 Å². The van der Waals surface area contributed by atoms with Crippen LogP contribution in [0.1, 0.15) is 21.7 Å². The number of anilines is 1. The quantitative estimate of drug-likeness (QED) is 0.763. The highest BCUT2D eigenvalue weighted by Gasteiger charge is 2.14. The minimum absolute atomic E-state index is 0.110. The van der Waals surface area contributed by atoms with Crippen LogP contribution in [0.3, 0.4) is 0 Å². The number of pyridine rings is 1. The van der Waals surface area contributed by atoms with Gasteiger partial charge in [0.25, 0.3) is 5.91 Å². The molecule has 0 aliphatic heterocycles. The van der Waals surface area contributed by atoms with E-state index in [0.29, 0.717) is 27.7 Å². The van der Waals surface area contributed by atoms with Gasteiger partial charge in [-0.2, -0.15) is 10.2 Å². The van der Waals surface area contributed by atoms with Crippen LogP contribution in [0.25, 0.3) is 11.4 Å². The van der Waals surface area contributed by atoms with Crippen LogP contribution in [0.4, 0.5) is 5.95 Å². The van der Waals surface area contributed by atoms with Gasteiger partial charge in [0.05, 0.1) is 16.3 Å². The average Bonchev–Trinajstić information content (AvgIpc) is 3.03. The van der Waals surface area contributed by atoms with Crippen molar-refractivity contribution >= 4 is 23.5 Å². The van der Waals surface area contributed by atoms with Gasteiger partial charge in [-0.1, -0.05) is 23.7 Å². The van der Waals surface area contributed by atoms with E-state index >= 15 is 0 Å². The lowest BCUT2D eigenvalue weighted by molar-refractivity contribution is 0.102. The van der Waals surface area contributed by atoms with E-state index in [0.717, 1.165) is 0 Å². The van der Waals surface area contributed by atoms with E-state index in [-0.39, 0.29) is 11.6 Å². The van der Waals surface area contributed by atoms with E-state index in [1.165, 1.54) is 6.07 Å². The van der Waals surface area contributed by atoms with Crippen molar-refractivity contribution in [3.8, 4) is 17.5 Å². The molecule has 0 saturated carbocycles. The van der Waals surface area contributed by atoms with Crippen molar-refractivity contribution in [2.75, 3.05) is 5.32 Å². The van der Waals surface area contributed by atoms with Crippen LogP contribution in [0, 0.1) is 18.3 Å². The number of H-pyrrole nitrogens is 1. The molecule has 0 spiro atoms. The molecule has 1 aromatic carbocycles. The molecule has 0 saturated heterocycles. The van der Waals surface area contributed by atoms with Crippen LogP contribution >= 0.6 is 11.6 Å². The van der Waals surface area contributed by atoms with Crippen molar-refractivity contribution in [2.24, 2.45) is 0 Å². The molecule has 8 heteroatoms. The Balaban J connectivity index is 1.80. The van der Waals surface area contributed by atoms with Crippen molar-refractivity contribution in [2.45, 2.75) is 6.92 Å². The smallest absolute Gasteiger partial charge is 0.276 e. The number of carbonyl (C=O) groups excluding carboxylic acids is 1. The third-order valence-corrected chi connectivity index (χ3v) is 3.61. The second-order valence-corrected chi connectivity index (χ2v) is 5.29. The molecule has 1 amide bonds. The van der Waals surface area contributed by atoms with Gasteiger partial charge in [-0.25, -0.2) is 4.98 Å². The summed E-state index contributed by atoms with van der Waals surface area (Å²) in [5, 5.41) is 18.6. The van der Waals surface area contributed by atoms with E-state index in [9.17, 15) is 4.79 Å². The number of aromatic nitrogens is 4. The fourth-order valence-electron chi connectivity index (χ4n) is 2.06. The summed E-state index contributed by atoms with van der Waals surface area (Å²) >= 11 is 6.10. The standard InChI is InChI=1S/C16H11ClN6O/c1-9-10(8-18)6-7-13(19-9)15(24)21-16-20-14(22-23-16)11-4-2-3-5-12(11)17/h2-7H,1H3,(H2,20,21,22,23,24). The van der Waals surface area contributed by atoms with Crippen molar-refractivity contribution in [3.63, 3.8) is 0 Å². The fourth-order valence-corrected chi connectivity index (χ4v) is 2.29. The minimum Gasteiger partial charge on any atom is -0.288 e. The van der Waals surface area contributed by atoms with Crippen LogP contribution in [-0.4, -0.2) is 26.1 Å². The maximum Gasteiger partial charge on any atom is 0.276 e. The van der Waals surface area contributed by atoms with E-state index in [1.807, 2.05) is 18.2 Å². The Kier molecular flexibility index (Phi) is 4.22. The van der Waals surface area contributed by atoms with Crippen molar-refractivity contribution in [3.05, 3.63) is 58.4 Å². The van der Waals surface area contributed by atoms with Gasteiger partial charge in [-0.05, 0) is 31.2 Å². The molecule has 118 valence electrons. The van der Waals surface area contributed by atoms with Gasteiger partial charge in [0, 0.05) is 5.56 Å². The largest absolute Gasteiger partial charge is 0.288 e.